The van der Waals surface area contributed by atoms with Gasteiger partial charge in [-0.2, -0.15) is 0 Å². The lowest BCUT2D eigenvalue weighted by molar-refractivity contribution is -0.124. The molecule has 112 valence electrons. The maximum Gasteiger partial charge on any atom is 0.237 e. The summed E-state index contributed by atoms with van der Waals surface area (Å²) in [5, 5.41) is 6.62. The Kier molecular flexibility index (Phi) is 3.43. The molecule has 2 atom stereocenters. The summed E-state index contributed by atoms with van der Waals surface area (Å²) in [5.74, 6) is 0.173. The molecule has 21 heavy (non-hydrogen) atoms. The zero-order chi connectivity index (χ0) is 14.2. The topological polar surface area (TPSA) is 44.4 Å². The van der Waals surface area contributed by atoms with Gasteiger partial charge in [-0.1, -0.05) is 24.3 Å². The summed E-state index contributed by atoms with van der Waals surface area (Å²) in [7, 11) is 0. The Labute approximate surface area is 125 Å². The molecular formula is C17H23N3O. The van der Waals surface area contributed by atoms with Crippen molar-refractivity contribution in [3.05, 3.63) is 35.4 Å². The van der Waals surface area contributed by atoms with Crippen molar-refractivity contribution >= 4 is 5.91 Å². The highest BCUT2D eigenvalue weighted by molar-refractivity contribution is 5.82. The minimum Gasteiger partial charge on any atom is -0.351 e. The quantitative estimate of drug-likeness (QED) is 0.872. The third kappa shape index (κ3) is 2.83. The second-order valence-electron chi connectivity index (χ2n) is 6.63. The predicted molar refractivity (Wildman–Crippen MR) is 81.9 cm³/mol. The average Bonchev–Trinajstić information content (AvgIpc) is 3.27. The number of nitrogens with zero attached hydrogens (tertiary/aromatic N) is 1. The van der Waals surface area contributed by atoms with Gasteiger partial charge in [-0.3, -0.25) is 9.69 Å². The smallest absolute Gasteiger partial charge is 0.237 e. The minimum absolute atomic E-state index is 0.0742. The van der Waals surface area contributed by atoms with Gasteiger partial charge in [-0.05, 0) is 36.8 Å². The normalized spacial score (nSPS) is 29.1. The van der Waals surface area contributed by atoms with Crippen LogP contribution in [0.1, 0.15) is 30.4 Å². The van der Waals surface area contributed by atoms with Crippen LogP contribution in [0.15, 0.2) is 24.3 Å². The van der Waals surface area contributed by atoms with E-state index in [1.807, 2.05) is 0 Å². The van der Waals surface area contributed by atoms with Crippen molar-refractivity contribution in [2.45, 2.75) is 50.4 Å². The molecule has 1 amide bonds. The fraction of sp³-hybridized carbons (Fsp3) is 0.588. The van der Waals surface area contributed by atoms with E-state index in [1.54, 1.807) is 0 Å². The van der Waals surface area contributed by atoms with E-state index in [0.29, 0.717) is 6.04 Å². The Balaban J connectivity index is 1.34. The van der Waals surface area contributed by atoms with Crippen LogP contribution in [0, 0.1) is 0 Å². The van der Waals surface area contributed by atoms with E-state index in [4.69, 9.17) is 0 Å². The molecule has 2 N–H and O–H groups in total. The van der Waals surface area contributed by atoms with Crippen molar-refractivity contribution in [2.24, 2.45) is 0 Å². The number of benzene rings is 1. The van der Waals surface area contributed by atoms with Gasteiger partial charge < -0.3 is 10.6 Å². The number of amides is 1. The van der Waals surface area contributed by atoms with Gasteiger partial charge in [-0.15, -0.1) is 0 Å². The lowest BCUT2D eigenvalue weighted by Crippen LogP contribution is -2.51. The summed E-state index contributed by atoms with van der Waals surface area (Å²) in [5.41, 5.74) is 2.63. The molecule has 2 aliphatic heterocycles. The summed E-state index contributed by atoms with van der Waals surface area (Å²) >= 11 is 0. The molecule has 3 aliphatic rings. The molecule has 1 aliphatic carbocycles. The fourth-order valence-corrected chi connectivity index (χ4v) is 3.62. The van der Waals surface area contributed by atoms with E-state index >= 15 is 0 Å². The molecule has 1 aromatic carbocycles. The Bertz CT molecular complexity index is 541. The summed E-state index contributed by atoms with van der Waals surface area (Å²) in [6.45, 7) is 2.99. The van der Waals surface area contributed by atoms with Crippen LogP contribution in [0.4, 0.5) is 0 Å². The van der Waals surface area contributed by atoms with Crippen LogP contribution in [0.5, 0.6) is 0 Å². The fourth-order valence-electron chi connectivity index (χ4n) is 3.62. The second-order valence-corrected chi connectivity index (χ2v) is 6.63. The summed E-state index contributed by atoms with van der Waals surface area (Å²) in [6.07, 6.45) is 4.61. The van der Waals surface area contributed by atoms with Crippen LogP contribution in [0.2, 0.25) is 0 Å². The molecule has 0 aromatic heterocycles. The van der Waals surface area contributed by atoms with Crippen LogP contribution in [0.3, 0.4) is 0 Å². The summed E-state index contributed by atoms with van der Waals surface area (Å²) in [6, 6.07) is 9.48. The maximum absolute atomic E-state index is 12.5. The maximum atomic E-state index is 12.5. The van der Waals surface area contributed by atoms with Crippen molar-refractivity contribution in [1.82, 2.24) is 15.5 Å². The van der Waals surface area contributed by atoms with Crippen molar-refractivity contribution in [1.29, 1.82) is 0 Å². The van der Waals surface area contributed by atoms with E-state index < -0.39 is 0 Å². The van der Waals surface area contributed by atoms with Gasteiger partial charge in [0.25, 0.3) is 0 Å². The van der Waals surface area contributed by atoms with Gasteiger partial charge in [-0.25, -0.2) is 0 Å². The largest absolute Gasteiger partial charge is 0.351 e. The van der Waals surface area contributed by atoms with Gasteiger partial charge in [0.1, 0.15) is 0 Å². The molecule has 2 fully saturated rings. The summed E-state index contributed by atoms with van der Waals surface area (Å²) < 4.78 is 0. The van der Waals surface area contributed by atoms with Gasteiger partial charge in [0, 0.05) is 31.7 Å². The van der Waals surface area contributed by atoms with Crippen molar-refractivity contribution < 1.29 is 4.79 Å². The third-order valence-electron chi connectivity index (χ3n) is 5.03. The van der Waals surface area contributed by atoms with Crippen LogP contribution < -0.4 is 10.6 Å². The Hall–Kier alpha value is -1.39. The molecular weight excluding hydrogens is 262 g/mol. The van der Waals surface area contributed by atoms with Gasteiger partial charge in [0.05, 0.1) is 6.04 Å². The first kappa shape index (κ1) is 13.3. The first-order valence-corrected chi connectivity index (χ1v) is 8.14. The molecule has 1 saturated heterocycles. The summed E-state index contributed by atoms with van der Waals surface area (Å²) in [4.78, 5) is 15.0. The SMILES string of the molecule is O=C(NC1CCN(C2CC2)C1)[C@@H]1Cc2ccccc2CN1. The highest BCUT2D eigenvalue weighted by Crippen LogP contribution is 2.29. The third-order valence-corrected chi connectivity index (χ3v) is 5.03. The van der Waals surface area contributed by atoms with Crippen molar-refractivity contribution in [3.63, 3.8) is 0 Å². The molecule has 4 nitrogen and oxygen atoms in total. The molecule has 4 rings (SSSR count). The number of hydrogen-bond donors (Lipinski definition) is 2. The average molecular weight is 285 g/mol. The number of carbonyl (C=O) groups excluding carboxylic acids is 1. The number of likely N-dealkylation sites (tertiary alicyclic amines) is 1. The van der Waals surface area contributed by atoms with Crippen molar-refractivity contribution in [2.75, 3.05) is 13.1 Å². The molecule has 1 unspecified atom stereocenters. The molecule has 4 heteroatoms. The van der Waals surface area contributed by atoms with E-state index in [-0.39, 0.29) is 11.9 Å². The van der Waals surface area contributed by atoms with Gasteiger partial charge in [0.15, 0.2) is 0 Å². The van der Waals surface area contributed by atoms with E-state index in [2.05, 4.69) is 39.8 Å². The number of nitrogens with one attached hydrogen (secondary N) is 2. The molecule has 0 bridgehead atoms. The lowest BCUT2D eigenvalue weighted by Gasteiger charge is -2.26. The zero-order valence-corrected chi connectivity index (χ0v) is 12.3. The van der Waals surface area contributed by atoms with E-state index in [0.717, 1.165) is 38.5 Å². The van der Waals surface area contributed by atoms with Crippen LogP contribution in [-0.2, 0) is 17.8 Å². The molecule has 0 spiro atoms. The van der Waals surface area contributed by atoms with E-state index in [1.165, 1.54) is 24.0 Å². The Morgan fingerprint density at radius 2 is 2.00 bits per heavy atom. The van der Waals surface area contributed by atoms with E-state index in [9.17, 15) is 4.79 Å². The monoisotopic (exact) mass is 285 g/mol. The van der Waals surface area contributed by atoms with Gasteiger partial charge in [0.2, 0.25) is 5.91 Å². The Morgan fingerprint density at radius 1 is 1.19 bits per heavy atom. The lowest BCUT2D eigenvalue weighted by atomic mass is 9.95. The second kappa shape index (κ2) is 5.43. The van der Waals surface area contributed by atoms with Crippen LogP contribution >= 0.6 is 0 Å². The predicted octanol–water partition coefficient (Wildman–Crippen LogP) is 1.05. The van der Waals surface area contributed by atoms with Crippen molar-refractivity contribution in [3.8, 4) is 0 Å². The molecule has 1 saturated carbocycles. The minimum atomic E-state index is -0.0742. The highest BCUT2D eigenvalue weighted by Gasteiger charge is 2.35. The first-order valence-electron chi connectivity index (χ1n) is 8.14. The van der Waals surface area contributed by atoms with Gasteiger partial charge >= 0.3 is 0 Å². The number of rotatable bonds is 3. The number of fused-ring (bicyclic) bond motifs is 1. The number of hydrogen-bond acceptors (Lipinski definition) is 3. The van der Waals surface area contributed by atoms with Crippen LogP contribution in [0.25, 0.3) is 0 Å². The molecule has 0 radical (unpaired) electrons. The standard InChI is InChI=1S/C17H23N3O/c21-17(19-14-7-8-20(11-14)15-5-6-15)16-9-12-3-1-2-4-13(12)10-18-16/h1-4,14-16,18H,5-11H2,(H,19,21)/t14?,16-/m0/s1. The molecule has 1 aromatic rings. The number of carbonyl (C=O) groups is 1. The Morgan fingerprint density at radius 3 is 2.81 bits per heavy atom. The highest BCUT2D eigenvalue weighted by atomic mass is 16.2. The first-order chi connectivity index (χ1) is 10.3. The van der Waals surface area contributed by atoms with Crippen LogP contribution in [-0.4, -0.2) is 42.0 Å². The molecule has 2 heterocycles. The zero-order valence-electron chi connectivity index (χ0n) is 12.3.